The second-order valence-corrected chi connectivity index (χ2v) is 16.5. The van der Waals surface area contributed by atoms with E-state index in [0.717, 1.165) is 87.5 Å². The van der Waals surface area contributed by atoms with Gasteiger partial charge in [0.15, 0.2) is 0 Å². The number of benzene rings is 2. The molecule has 11 rings (SSSR count). The molecular formula is C49H46N12O5. The first-order valence-corrected chi connectivity index (χ1v) is 22.1. The van der Waals surface area contributed by atoms with Crippen LogP contribution in [0, 0.1) is 0 Å². The van der Waals surface area contributed by atoms with E-state index in [1.807, 2.05) is 90.9 Å². The molecule has 0 radical (unpaired) electrons. The number of aromatic amines is 1. The van der Waals surface area contributed by atoms with E-state index in [9.17, 15) is 9.90 Å². The van der Waals surface area contributed by atoms with Gasteiger partial charge in [0.1, 0.15) is 17.4 Å². The summed E-state index contributed by atoms with van der Waals surface area (Å²) in [4.78, 5) is 54.2. The molecule has 17 heteroatoms. The van der Waals surface area contributed by atoms with Crippen molar-refractivity contribution in [3.63, 3.8) is 0 Å². The SMILES string of the molecule is C[C@H]1N=C(c2ncc(-c3cn(-c4cccc([C@H](CO)NC(=O)c5ncc(-c6c[nH]c7ncc(N8CCOCC8)cc67)cn5)c4)c4ncc(N5CCOCC5)cc34)cn2)O[C@H]1c1ccccc1. The van der Waals surface area contributed by atoms with Crippen molar-refractivity contribution in [3.8, 4) is 27.9 Å². The molecule has 9 heterocycles. The minimum Gasteiger partial charge on any atom is -0.465 e. The third kappa shape index (κ3) is 7.97. The largest absolute Gasteiger partial charge is 0.465 e. The number of anilines is 2. The molecule has 0 aliphatic carbocycles. The average Bonchev–Trinajstić information content (AvgIpc) is 4.11. The number of hydrogen-bond acceptors (Lipinski definition) is 14. The van der Waals surface area contributed by atoms with Crippen molar-refractivity contribution >= 4 is 45.2 Å². The lowest BCUT2D eigenvalue weighted by Crippen LogP contribution is -2.36. The zero-order chi connectivity index (χ0) is 44.6. The van der Waals surface area contributed by atoms with Crippen LogP contribution in [0.15, 0.2) is 121 Å². The van der Waals surface area contributed by atoms with Crippen molar-refractivity contribution in [1.82, 2.24) is 44.8 Å². The van der Waals surface area contributed by atoms with Crippen LogP contribution >= 0.6 is 0 Å². The molecular weight excluding hydrogens is 837 g/mol. The van der Waals surface area contributed by atoms with Gasteiger partial charge in [0.25, 0.3) is 11.8 Å². The number of H-pyrrole nitrogens is 1. The number of carbonyl (C=O) groups is 1. The van der Waals surface area contributed by atoms with Crippen LogP contribution in [0.2, 0.25) is 0 Å². The predicted molar refractivity (Wildman–Crippen MR) is 249 cm³/mol. The molecule has 2 saturated heterocycles. The Kier molecular flexibility index (Phi) is 11.1. The first-order valence-electron chi connectivity index (χ1n) is 22.1. The molecule has 0 unspecified atom stereocenters. The van der Waals surface area contributed by atoms with E-state index in [0.29, 0.717) is 49.4 Å². The summed E-state index contributed by atoms with van der Waals surface area (Å²) in [6, 6.07) is 21.1. The molecule has 3 aliphatic rings. The van der Waals surface area contributed by atoms with Gasteiger partial charge in [-0.2, -0.15) is 0 Å². The normalized spacial score (nSPS) is 18.1. The number of pyridine rings is 2. The molecule has 2 aromatic carbocycles. The van der Waals surface area contributed by atoms with Gasteiger partial charge >= 0.3 is 0 Å². The molecule has 0 bridgehead atoms. The first-order chi connectivity index (χ1) is 32.5. The van der Waals surface area contributed by atoms with Gasteiger partial charge < -0.3 is 44.0 Å². The third-order valence-electron chi connectivity index (χ3n) is 12.4. The summed E-state index contributed by atoms with van der Waals surface area (Å²) in [6.07, 6.45) is 14.3. The number of aliphatic hydroxyl groups excluding tert-OH is 1. The smallest absolute Gasteiger partial charge is 0.289 e. The molecule has 3 N–H and O–H groups in total. The predicted octanol–water partition coefficient (Wildman–Crippen LogP) is 5.86. The Morgan fingerprint density at radius 2 is 1.42 bits per heavy atom. The fraction of sp³-hybridized carbons (Fsp3) is 0.265. The maximum atomic E-state index is 13.6. The number of carbonyl (C=O) groups excluding carboxylic acids is 1. The lowest BCUT2D eigenvalue weighted by Gasteiger charge is -2.28. The third-order valence-corrected chi connectivity index (χ3v) is 12.4. The van der Waals surface area contributed by atoms with E-state index in [1.165, 1.54) is 0 Å². The van der Waals surface area contributed by atoms with Gasteiger partial charge in [-0.25, -0.2) is 34.9 Å². The minimum absolute atomic E-state index is 0.0213. The summed E-state index contributed by atoms with van der Waals surface area (Å²) in [5, 5.41) is 15.4. The highest BCUT2D eigenvalue weighted by Crippen LogP contribution is 2.36. The van der Waals surface area contributed by atoms with Crippen LogP contribution in [0.1, 0.15) is 46.6 Å². The van der Waals surface area contributed by atoms with Crippen molar-refractivity contribution < 1.29 is 24.1 Å². The topological polar surface area (TPSA) is 194 Å². The molecule has 3 aliphatic heterocycles. The summed E-state index contributed by atoms with van der Waals surface area (Å²) < 4.78 is 19.4. The van der Waals surface area contributed by atoms with Gasteiger partial charge in [-0.1, -0.05) is 42.5 Å². The Bertz CT molecular complexity index is 3050. The Morgan fingerprint density at radius 3 is 2.14 bits per heavy atom. The van der Waals surface area contributed by atoms with Gasteiger partial charge in [-0.15, -0.1) is 0 Å². The number of morpholine rings is 2. The van der Waals surface area contributed by atoms with Crippen LogP contribution in [0.3, 0.4) is 0 Å². The van der Waals surface area contributed by atoms with Crippen LogP contribution in [0.25, 0.3) is 50.0 Å². The van der Waals surface area contributed by atoms with E-state index in [4.69, 9.17) is 34.2 Å². The van der Waals surface area contributed by atoms with E-state index in [-0.39, 0.29) is 24.6 Å². The summed E-state index contributed by atoms with van der Waals surface area (Å²) in [7, 11) is 0. The van der Waals surface area contributed by atoms with E-state index >= 15 is 0 Å². The molecule has 1 amide bonds. The van der Waals surface area contributed by atoms with Crippen LogP contribution in [-0.4, -0.2) is 122 Å². The summed E-state index contributed by atoms with van der Waals surface area (Å²) >= 11 is 0. The summed E-state index contributed by atoms with van der Waals surface area (Å²) in [5.41, 5.74) is 9.25. The van der Waals surface area contributed by atoms with Gasteiger partial charge in [-0.05, 0) is 42.3 Å². The quantitative estimate of drug-likeness (QED) is 0.140. The number of nitrogens with one attached hydrogen (secondary N) is 2. The second kappa shape index (κ2) is 17.8. The van der Waals surface area contributed by atoms with Crippen LogP contribution in [0.5, 0.6) is 0 Å². The molecule has 0 saturated carbocycles. The van der Waals surface area contributed by atoms with Gasteiger partial charge in [0.2, 0.25) is 11.6 Å². The molecule has 332 valence electrons. The summed E-state index contributed by atoms with van der Waals surface area (Å²) in [5.74, 6) is 0.284. The zero-order valence-electron chi connectivity index (χ0n) is 36.1. The van der Waals surface area contributed by atoms with Gasteiger partial charge in [0.05, 0.1) is 68.9 Å². The fourth-order valence-electron chi connectivity index (χ4n) is 8.86. The van der Waals surface area contributed by atoms with Crippen molar-refractivity contribution in [2.75, 3.05) is 69.0 Å². The molecule has 2 fully saturated rings. The first kappa shape index (κ1) is 41.1. The lowest BCUT2D eigenvalue weighted by molar-refractivity contribution is 0.0905. The van der Waals surface area contributed by atoms with Crippen LogP contribution < -0.4 is 15.1 Å². The number of hydrogen-bond donors (Lipinski definition) is 3. The standard InChI is InChI=1S/C49H46N12O5/c1-30-43(31-6-3-2-4-7-31)66-49(57-30)46-52-23-34(24-53-46)41-28-61(47-39(41)20-37(26-56-47)60-12-16-65-17-13-60)35-9-5-8-32(18-35)42(29-62)58-48(63)45-50-21-33(22-51-45)40-27-55-44-38(40)19-36(25-54-44)59-10-14-64-15-11-59/h2-9,18-28,30,42-43,62H,10-17,29H2,1H3,(H,54,55)(H,58,63)/t30-,42+,43-/m1/s1. The number of fused-ring (bicyclic) bond motifs is 2. The van der Waals surface area contributed by atoms with Crippen molar-refractivity contribution in [2.24, 2.45) is 4.99 Å². The van der Waals surface area contributed by atoms with Crippen molar-refractivity contribution in [3.05, 3.63) is 139 Å². The molecule has 0 spiro atoms. The minimum atomic E-state index is -0.757. The average molecular weight is 883 g/mol. The highest BCUT2D eigenvalue weighted by atomic mass is 16.5. The Labute approximate surface area is 379 Å². The number of ether oxygens (including phenoxy) is 3. The maximum Gasteiger partial charge on any atom is 0.289 e. The number of nitrogens with zero attached hydrogens (tertiary/aromatic N) is 10. The van der Waals surface area contributed by atoms with E-state index in [1.54, 1.807) is 24.8 Å². The Morgan fingerprint density at radius 1 is 0.758 bits per heavy atom. The Balaban J connectivity index is 0.853. The molecule has 8 aromatic rings. The van der Waals surface area contributed by atoms with E-state index in [2.05, 4.69) is 47.2 Å². The zero-order valence-corrected chi connectivity index (χ0v) is 36.1. The van der Waals surface area contributed by atoms with Crippen molar-refractivity contribution in [1.29, 1.82) is 0 Å². The van der Waals surface area contributed by atoms with E-state index < -0.39 is 11.9 Å². The highest BCUT2D eigenvalue weighted by molar-refractivity contribution is 5.98. The molecule has 3 atom stereocenters. The molecule has 66 heavy (non-hydrogen) atoms. The molecule has 6 aromatic heterocycles. The fourth-order valence-corrected chi connectivity index (χ4v) is 8.86. The number of rotatable bonds is 11. The van der Waals surface area contributed by atoms with Crippen molar-refractivity contribution in [2.45, 2.75) is 25.1 Å². The number of aromatic nitrogens is 8. The monoisotopic (exact) mass is 882 g/mol. The summed E-state index contributed by atoms with van der Waals surface area (Å²) in [6.45, 7) is 7.42. The second-order valence-electron chi connectivity index (χ2n) is 16.5. The van der Waals surface area contributed by atoms with Gasteiger partial charge in [0, 0.05) is 102 Å². The number of amides is 1. The number of aliphatic imine (C=N–C) groups is 1. The van der Waals surface area contributed by atoms with Crippen LogP contribution in [-0.2, 0) is 14.2 Å². The van der Waals surface area contributed by atoms with Crippen LogP contribution in [0.4, 0.5) is 11.4 Å². The maximum absolute atomic E-state index is 13.6. The number of aliphatic hydroxyl groups is 1. The molecule has 17 nitrogen and oxygen atoms in total. The lowest BCUT2D eigenvalue weighted by atomic mass is 10.0. The highest BCUT2D eigenvalue weighted by Gasteiger charge is 2.31. The van der Waals surface area contributed by atoms with Gasteiger partial charge in [-0.3, -0.25) is 4.79 Å². The Hall–Kier alpha value is -7.60.